The Balaban J connectivity index is 1.63. The van der Waals surface area contributed by atoms with E-state index in [1.807, 2.05) is 26.0 Å². The van der Waals surface area contributed by atoms with Crippen LogP contribution in [0.15, 0.2) is 24.3 Å². The fourth-order valence-electron chi connectivity index (χ4n) is 4.84. The van der Waals surface area contributed by atoms with Gasteiger partial charge in [0.05, 0.1) is 18.6 Å². The maximum absolute atomic E-state index is 12.1. The Kier molecular flexibility index (Phi) is 5.10. The number of benzene rings is 1. The van der Waals surface area contributed by atoms with Crippen LogP contribution in [-0.4, -0.2) is 54.4 Å². The molecule has 0 saturated carbocycles. The Morgan fingerprint density at radius 2 is 2.29 bits per heavy atom. The predicted molar refractivity (Wildman–Crippen MR) is 107 cm³/mol. The molecule has 0 bridgehead atoms. The van der Waals surface area contributed by atoms with Crippen LogP contribution in [0.1, 0.15) is 44.2 Å². The lowest BCUT2D eigenvalue weighted by molar-refractivity contribution is -0.121. The zero-order chi connectivity index (χ0) is 19.9. The van der Waals surface area contributed by atoms with Crippen LogP contribution in [0.25, 0.3) is 0 Å². The van der Waals surface area contributed by atoms with Gasteiger partial charge in [-0.15, -0.1) is 0 Å². The number of nitrogens with one attached hydrogen (secondary N) is 1. The lowest BCUT2D eigenvalue weighted by atomic mass is 9.69. The molecule has 1 aromatic rings. The van der Waals surface area contributed by atoms with E-state index in [0.29, 0.717) is 12.8 Å². The average Bonchev–Trinajstić information content (AvgIpc) is 2.89. The van der Waals surface area contributed by atoms with E-state index < -0.39 is 6.10 Å². The number of amides is 1. The van der Waals surface area contributed by atoms with Crippen LogP contribution in [0.3, 0.4) is 0 Å². The van der Waals surface area contributed by atoms with Crippen LogP contribution in [0.4, 0.5) is 0 Å². The maximum Gasteiger partial charge on any atom is 0.221 e. The van der Waals surface area contributed by atoms with Crippen LogP contribution in [0.5, 0.6) is 11.5 Å². The zero-order valence-corrected chi connectivity index (χ0v) is 16.9. The van der Waals surface area contributed by atoms with E-state index in [1.54, 1.807) is 7.11 Å². The number of methoxy groups -OCH3 is 1. The third-order valence-corrected chi connectivity index (χ3v) is 6.14. The molecular formula is C22H30N2O4. The lowest BCUT2D eigenvalue weighted by Gasteiger charge is -2.35. The van der Waals surface area contributed by atoms with Crippen molar-refractivity contribution >= 4 is 5.91 Å². The summed E-state index contributed by atoms with van der Waals surface area (Å²) in [7, 11) is 1.66. The van der Waals surface area contributed by atoms with E-state index >= 15 is 0 Å². The molecule has 3 aliphatic rings. The average molecular weight is 386 g/mol. The van der Waals surface area contributed by atoms with Gasteiger partial charge in [0.2, 0.25) is 5.91 Å². The van der Waals surface area contributed by atoms with E-state index in [1.165, 1.54) is 11.1 Å². The Morgan fingerprint density at radius 3 is 3.04 bits per heavy atom. The number of carbonyl (C=O) groups excluding carboxylic acids is 1. The first-order valence-electron chi connectivity index (χ1n) is 10.2. The molecule has 0 aromatic heterocycles. The Hall–Kier alpha value is -2.05. The molecule has 2 N–H and O–H groups in total. The SMILES string of the molecule is COc1ccc2c3c1OC1CC(O)C=CC31CCN(CCC(=O)NC(C)C)C2. The van der Waals surface area contributed by atoms with Crippen molar-refractivity contribution in [3.63, 3.8) is 0 Å². The molecular weight excluding hydrogens is 356 g/mol. The molecule has 1 spiro atoms. The third kappa shape index (κ3) is 3.29. The summed E-state index contributed by atoms with van der Waals surface area (Å²) in [4.78, 5) is 14.4. The second-order valence-electron chi connectivity index (χ2n) is 8.44. The minimum absolute atomic E-state index is 0.0817. The Labute approximate surface area is 166 Å². The van der Waals surface area contributed by atoms with Gasteiger partial charge in [-0.1, -0.05) is 18.2 Å². The summed E-state index contributed by atoms with van der Waals surface area (Å²) in [5.74, 6) is 1.67. The number of hydrogen-bond acceptors (Lipinski definition) is 5. The van der Waals surface area contributed by atoms with Crippen LogP contribution < -0.4 is 14.8 Å². The molecule has 0 radical (unpaired) electrons. The van der Waals surface area contributed by atoms with Gasteiger partial charge in [0.1, 0.15) is 6.10 Å². The summed E-state index contributed by atoms with van der Waals surface area (Å²) in [5, 5.41) is 13.1. The number of carbonyl (C=O) groups is 1. The smallest absolute Gasteiger partial charge is 0.221 e. The van der Waals surface area contributed by atoms with Crippen molar-refractivity contribution < 1.29 is 19.4 Å². The van der Waals surface area contributed by atoms with Crippen LogP contribution in [0.2, 0.25) is 0 Å². The van der Waals surface area contributed by atoms with Gasteiger partial charge in [0.25, 0.3) is 0 Å². The largest absolute Gasteiger partial charge is 0.493 e. The van der Waals surface area contributed by atoms with E-state index in [9.17, 15) is 9.90 Å². The van der Waals surface area contributed by atoms with Crippen molar-refractivity contribution in [2.24, 2.45) is 0 Å². The summed E-state index contributed by atoms with van der Waals surface area (Å²) in [6.07, 6.45) is 5.49. The molecule has 1 amide bonds. The van der Waals surface area contributed by atoms with Gasteiger partial charge >= 0.3 is 0 Å². The van der Waals surface area contributed by atoms with Gasteiger partial charge in [-0.05, 0) is 38.4 Å². The molecule has 3 unspecified atom stereocenters. The van der Waals surface area contributed by atoms with E-state index in [2.05, 4.69) is 22.4 Å². The molecule has 6 heteroatoms. The fraction of sp³-hybridized carbons (Fsp3) is 0.591. The first kappa shape index (κ1) is 19.3. The molecule has 2 heterocycles. The summed E-state index contributed by atoms with van der Waals surface area (Å²) in [6.45, 7) is 6.36. The number of ether oxygens (including phenoxy) is 2. The van der Waals surface area contributed by atoms with Crippen LogP contribution >= 0.6 is 0 Å². The highest BCUT2D eigenvalue weighted by molar-refractivity contribution is 5.76. The third-order valence-electron chi connectivity index (χ3n) is 6.14. The normalized spacial score (nSPS) is 28.3. The Bertz CT molecular complexity index is 791. The maximum atomic E-state index is 12.1. The second kappa shape index (κ2) is 7.41. The number of nitrogens with zero attached hydrogens (tertiary/aromatic N) is 1. The first-order valence-corrected chi connectivity index (χ1v) is 10.2. The number of rotatable bonds is 5. The minimum atomic E-state index is -0.474. The highest BCUT2D eigenvalue weighted by Crippen LogP contribution is 2.55. The van der Waals surface area contributed by atoms with Gasteiger partial charge in [-0.3, -0.25) is 9.69 Å². The van der Waals surface area contributed by atoms with Crippen molar-refractivity contribution in [3.8, 4) is 11.5 Å². The fourth-order valence-corrected chi connectivity index (χ4v) is 4.84. The highest BCUT2D eigenvalue weighted by Gasteiger charge is 2.52. The van der Waals surface area contributed by atoms with E-state index in [0.717, 1.165) is 37.6 Å². The molecule has 1 aliphatic carbocycles. The predicted octanol–water partition coefficient (Wildman–Crippen LogP) is 2.14. The minimum Gasteiger partial charge on any atom is -0.493 e. The summed E-state index contributed by atoms with van der Waals surface area (Å²) in [6, 6.07) is 4.25. The lowest BCUT2D eigenvalue weighted by Crippen LogP contribution is -2.43. The van der Waals surface area contributed by atoms with Crippen molar-refractivity contribution in [2.75, 3.05) is 20.2 Å². The summed E-state index contributed by atoms with van der Waals surface area (Å²) in [5.41, 5.74) is 2.20. The van der Waals surface area contributed by atoms with E-state index in [-0.39, 0.29) is 23.5 Å². The second-order valence-corrected chi connectivity index (χ2v) is 8.44. The molecule has 2 aliphatic heterocycles. The molecule has 6 nitrogen and oxygen atoms in total. The molecule has 1 aromatic carbocycles. The monoisotopic (exact) mass is 386 g/mol. The quantitative estimate of drug-likeness (QED) is 0.759. The molecule has 0 fully saturated rings. The van der Waals surface area contributed by atoms with Gasteiger partial charge in [-0.25, -0.2) is 0 Å². The number of hydrogen-bond donors (Lipinski definition) is 2. The van der Waals surface area contributed by atoms with Gasteiger partial charge in [-0.2, -0.15) is 0 Å². The highest BCUT2D eigenvalue weighted by atomic mass is 16.5. The Morgan fingerprint density at radius 1 is 1.46 bits per heavy atom. The number of aliphatic hydroxyl groups is 1. The standard InChI is InChI=1S/C22H30N2O4/c1-14(2)23-19(26)7-10-24-11-9-22-8-6-16(25)12-18(22)28-21-17(27-3)5-4-15(13-24)20(21)22/h4-6,8,14,16,18,25H,7,9-13H2,1-3H3,(H,23,26). The van der Waals surface area contributed by atoms with Crippen LogP contribution in [-0.2, 0) is 16.8 Å². The summed E-state index contributed by atoms with van der Waals surface area (Å²) < 4.78 is 11.9. The molecule has 4 rings (SSSR count). The van der Waals surface area contributed by atoms with Gasteiger partial charge in [0.15, 0.2) is 11.5 Å². The van der Waals surface area contributed by atoms with Gasteiger partial charge in [0, 0.05) is 37.5 Å². The molecule has 3 atom stereocenters. The molecule has 152 valence electrons. The van der Waals surface area contributed by atoms with Crippen LogP contribution in [0, 0.1) is 0 Å². The number of aliphatic hydroxyl groups excluding tert-OH is 1. The first-order chi connectivity index (χ1) is 13.4. The van der Waals surface area contributed by atoms with Crippen molar-refractivity contribution in [1.82, 2.24) is 10.2 Å². The zero-order valence-electron chi connectivity index (χ0n) is 16.9. The van der Waals surface area contributed by atoms with Crippen molar-refractivity contribution in [1.29, 1.82) is 0 Å². The van der Waals surface area contributed by atoms with Crippen molar-refractivity contribution in [2.45, 2.75) is 63.3 Å². The van der Waals surface area contributed by atoms with Crippen molar-refractivity contribution in [3.05, 3.63) is 35.4 Å². The topological polar surface area (TPSA) is 71.0 Å². The summed E-state index contributed by atoms with van der Waals surface area (Å²) >= 11 is 0. The van der Waals surface area contributed by atoms with Gasteiger partial charge < -0.3 is 19.9 Å². The molecule has 0 saturated heterocycles. The molecule has 28 heavy (non-hydrogen) atoms. The van der Waals surface area contributed by atoms with E-state index in [4.69, 9.17) is 9.47 Å².